The SMILES string of the molecule is C[C@H]1[C@@H](NC(=O)[C@@H](C)OC(=O)c2ccc(F)cc2Br)CCC[C@@H]1C. The second-order valence-corrected chi connectivity index (χ2v) is 7.41. The van der Waals surface area contributed by atoms with Crippen molar-refractivity contribution in [3.63, 3.8) is 0 Å². The first-order valence-electron chi connectivity index (χ1n) is 8.26. The number of rotatable bonds is 4. The Balaban J connectivity index is 1.94. The van der Waals surface area contributed by atoms with Crippen LogP contribution < -0.4 is 5.32 Å². The molecule has 1 aromatic rings. The molecule has 24 heavy (non-hydrogen) atoms. The molecule has 0 bridgehead atoms. The van der Waals surface area contributed by atoms with Crippen LogP contribution in [0.1, 0.15) is 50.4 Å². The van der Waals surface area contributed by atoms with Crippen molar-refractivity contribution in [2.75, 3.05) is 0 Å². The summed E-state index contributed by atoms with van der Waals surface area (Å²) < 4.78 is 18.6. The van der Waals surface area contributed by atoms with Gasteiger partial charge in [0, 0.05) is 10.5 Å². The lowest BCUT2D eigenvalue weighted by Gasteiger charge is -2.35. The molecule has 4 atom stereocenters. The number of carbonyl (C=O) groups is 2. The average Bonchev–Trinajstić information content (AvgIpc) is 2.51. The van der Waals surface area contributed by atoms with Crippen LogP contribution >= 0.6 is 15.9 Å². The summed E-state index contributed by atoms with van der Waals surface area (Å²) in [5, 5.41) is 2.99. The summed E-state index contributed by atoms with van der Waals surface area (Å²) in [6.45, 7) is 5.88. The van der Waals surface area contributed by atoms with E-state index in [2.05, 4.69) is 35.1 Å². The monoisotopic (exact) mass is 399 g/mol. The summed E-state index contributed by atoms with van der Waals surface area (Å²) in [5.41, 5.74) is 0.190. The molecule has 2 rings (SSSR count). The number of esters is 1. The Morgan fingerprint density at radius 1 is 1.33 bits per heavy atom. The second kappa shape index (κ2) is 8.10. The molecule has 0 saturated heterocycles. The van der Waals surface area contributed by atoms with Crippen LogP contribution in [-0.2, 0) is 9.53 Å². The van der Waals surface area contributed by atoms with Crippen LogP contribution in [0.15, 0.2) is 22.7 Å². The minimum absolute atomic E-state index is 0.111. The van der Waals surface area contributed by atoms with Crippen molar-refractivity contribution in [3.8, 4) is 0 Å². The van der Waals surface area contributed by atoms with E-state index in [9.17, 15) is 14.0 Å². The van der Waals surface area contributed by atoms with Crippen LogP contribution in [-0.4, -0.2) is 24.0 Å². The fourth-order valence-corrected chi connectivity index (χ4v) is 3.53. The Morgan fingerprint density at radius 3 is 2.71 bits per heavy atom. The lowest BCUT2D eigenvalue weighted by atomic mass is 9.78. The van der Waals surface area contributed by atoms with Gasteiger partial charge in [-0.15, -0.1) is 0 Å². The largest absolute Gasteiger partial charge is 0.449 e. The number of hydrogen-bond acceptors (Lipinski definition) is 3. The molecule has 1 aromatic carbocycles. The van der Waals surface area contributed by atoms with Crippen molar-refractivity contribution in [3.05, 3.63) is 34.1 Å². The number of nitrogens with one attached hydrogen (secondary N) is 1. The topological polar surface area (TPSA) is 55.4 Å². The van der Waals surface area contributed by atoms with Crippen LogP contribution in [0.4, 0.5) is 4.39 Å². The highest BCUT2D eigenvalue weighted by Gasteiger charge is 2.30. The molecule has 0 aromatic heterocycles. The first-order chi connectivity index (χ1) is 11.3. The van der Waals surface area contributed by atoms with Gasteiger partial charge in [0.25, 0.3) is 5.91 Å². The maximum absolute atomic E-state index is 13.1. The van der Waals surface area contributed by atoms with Gasteiger partial charge in [-0.3, -0.25) is 4.79 Å². The van der Waals surface area contributed by atoms with E-state index >= 15 is 0 Å². The van der Waals surface area contributed by atoms with Gasteiger partial charge in [-0.2, -0.15) is 0 Å². The summed E-state index contributed by atoms with van der Waals surface area (Å²) in [6, 6.07) is 3.81. The molecule has 0 heterocycles. The molecule has 6 heteroatoms. The third kappa shape index (κ3) is 4.56. The van der Waals surface area contributed by atoms with E-state index in [4.69, 9.17) is 4.74 Å². The quantitative estimate of drug-likeness (QED) is 0.776. The minimum Gasteiger partial charge on any atom is -0.449 e. The third-order valence-corrected chi connectivity index (χ3v) is 5.49. The predicted molar refractivity (Wildman–Crippen MR) is 93.1 cm³/mol. The average molecular weight is 400 g/mol. The fourth-order valence-electron chi connectivity index (χ4n) is 3.02. The first-order valence-corrected chi connectivity index (χ1v) is 9.05. The summed E-state index contributed by atoms with van der Waals surface area (Å²) in [5.74, 6) is -0.444. The standard InChI is InChI=1S/C18H23BrFNO3/c1-10-5-4-6-16(11(10)2)21-17(22)12(3)24-18(23)14-8-7-13(20)9-15(14)19/h7-12,16H,4-6H2,1-3H3,(H,21,22)/t10-,11+,12+,16-/m0/s1. The van der Waals surface area contributed by atoms with E-state index in [0.29, 0.717) is 16.3 Å². The van der Waals surface area contributed by atoms with Crippen molar-refractivity contribution >= 4 is 27.8 Å². The van der Waals surface area contributed by atoms with E-state index in [0.717, 1.165) is 12.8 Å². The highest BCUT2D eigenvalue weighted by atomic mass is 79.9. The Hall–Kier alpha value is -1.43. The van der Waals surface area contributed by atoms with E-state index in [1.54, 1.807) is 6.92 Å². The number of halogens is 2. The normalized spacial score (nSPS) is 25.0. The highest BCUT2D eigenvalue weighted by Crippen LogP contribution is 2.29. The molecular formula is C18H23BrFNO3. The molecule has 1 N–H and O–H groups in total. The summed E-state index contributed by atoms with van der Waals surface area (Å²) in [7, 11) is 0. The maximum Gasteiger partial charge on any atom is 0.340 e. The number of ether oxygens (including phenoxy) is 1. The molecule has 1 saturated carbocycles. The van der Waals surface area contributed by atoms with Gasteiger partial charge in [-0.25, -0.2) is 9.18 Å². The molecule has 0 unspecified atom stereocenters. The summed E-state index contributed by atoms with van der Waals surface area (Å²) in [4.78, 5) is 24.5. The number of hydrogen-bond donors (Lipinski definition) is 1. The van der Waals surface area contributed by atoms with Gasteiger partial charge >= 0.3 is 5.97 Å². The Morgan fingerprint density at radius 2 is 2.04 bits per heavy atom. The van der Waals surface area contributed by atoms with E-state index in [1.165, 1.54) is 24.6 Å². The van der Waals surface area contributed by atoms with Crippen molar-refractivity contribution < 1.29 is 18.7 Å². The summed E-state index contributed by atoms with van der Waals surface area (Å²) in [6.07, 6.45) is 2.31. The van der Waals surface area contributed by atoms with Crippen molar-refractivity contribution in [1.82, 2.24) is 5.32 Å². The van der Waals surface area contributed by atoms with E-state index < -0.39 is 17.9 Å². The smallest absolute Gasteiger partial charge is 0.340 e. The lowest BCUT2D eigenvalue weighted by Crippen LogP contribution is -2.47. The van der Waals surface area contributed by atoms with Gasteiger partial charge in [0.15, 0.2) is 6.10 Å². The molecule has 4 nitrogen and oxygen atoms in total. The molecule has 0 spiro atoms. The molecular weight excluding hydrogens is 377 g/mol. The molecule has 0 aliphatic heterocycles. The zero-order valence-electron chi connectivity index (χ0n) is 14.1. The maximum atomic E-state index is 13.1. The van der Waals surface area contributed by atoms with Gasteiger partial charge in [-0.05, 0) is 59.3 Å². The van der Waals surface area contributed by atoms with Crippen molar-refractivity contribution in [2.45, 2.75) is 52.2 Å². The van der Waals surface area contributed by atoms with Crippen molar-refractivity contribution in [2.24, 2.45) is 11.8 Å². The molecule has 132 valence electrons. The Kier molecular flexibility index (Phi) is 6.38. The van der Waals surface area contributed by atoms with Crippen LogP contribution in [0.3, 0.4) is 0 Å². The number of amides is 1. The van der Waals surface area contributed by atoms with Crippen molar-refractivity contribution in [1.29, 1.82) is 0 Å². The zero-order valence-corrected chi connectivity index (χ0v) is 15.7. The third-order valence-electron chi connectivity index (χ3n) is 4.84. The fraction of sp³-hybridized carbons (Fsp3) is 0.556. The number of carbonyl (C=O) groups excluding carboxylic acids is 2. The van der Waals surface area contributed by atoms with Crippen LogP contribution in [0.2, 0.25) is 0 Å². The molecule has 1 aliphatic carbocycles. The first kappa shape index (κ1) is 18.9. The minimum atomic E-state index is -0.904. The Labute approximate surface area is 150 Å². The molecule has 1 fully saturated rings. The molecule has 1 aliphatic rings. The van der Waals surface area contributed by atoms with Crippen LogP contribution in [0.5, 0.6) is 0 Å². The zero-order chi connectivity index (χ0) is 17.9. The van der Waals surface area contributed by atoms with Gasteiger partial charge in [0.2, 0.25) is 0 Å². The number of benzene rings is 1. The van der Waals surface area contributed by atoms with Gasteiger partial charge in [0.1, 0.15) is 5.82 Å². The van der Waals surface area contributed by atoms with Crippen LogP contribution in [0, 0.1) is 17.7 Å². The predicted octanol–water partition coefficient (Wildman–Crippen LogP) is 4.07. The van der Waals surface area contributed by atoms with Gasteiger partial charge in [0.05, 0.1) is 5.56 Å². The lowest BCUT2D eigenvalue weighted by molar-refractivity contribution is -0.130. The van der Waals surface area contributed by atoms with Gasteiger partial charge < -0.3 is 10.1 Å². The molecule has 0 radical (unpaired) electrons. The second-order valence-electron chi connectivity index (χ2n) is 6.55. The summed E-state index contributed by atoms with van der Waals surface area (Å²) >= 11 is 3.13. The molecule has 1 amide bonds. The van der Waals surface area contributed by atoms with Gasteiger partial charge in [-0.1, -0.05) is 26.7 Å². The van der Waals surface area contributed by atoms with E-state index in [1.807, 2.05) is 0 Å². The van der Waals surface area contributed by atoms with E-state index in [-0.39, 0.29) is 17.5 Å². The Bertz CT molecular complexity index is 622. The van der Waals surface area contributed by atoms with Crippen LogP contribution in [0.25, 0.3) is 0 Å². The highest BCUT2D eigenvalue weighted by molar-refractivity contribution is 9.10.